The SMILES string of the molecule is CC=C[SiH](C#Cc1ccc(F)cc1)C#Cc1ccc(F)cc1. The zero-order valence-corrected chi connectivity index (χ0v) is 13.3. The molecule has 0 aliphatic rings. The minimum absolute atomic E-state index is 0.274. The fraction of sp³-hybridized carbons (Fsp3) is 0.0526. The molecule has 0 saturated heterocycles. The van der Waals surface area contributed by atoms with Crippen LogP contribution in [0, 0.1) is 34.6 Å². The van der Waals surface area contributed by atoms with E-state index in [4.69, 9.17) is 0 Å². The molecule has 0 fully saturated rings. The van der Waals surface area contributed by atoms with E-state index < -0.39 is 8.80 Å². The van der Waals surface area contributed by atoms with Gasteiger partial charge in [0.2, 0.25) is 8.80 Å². The average molecular weight is 308 g/mol. The second-order valence-corrected chi connectivity index (χ2v) is 6.47. The first-order valence-electron chi connectivity index (χ1n) is 6.84. The van der Waals surface area contributed by atoms with Gasteiger partial charge in [-0.3, -0.25) is 0 Å². The van der Waals surface area contributed by atoms with E-state index in [0.717, 1.165) is 11.1 Å². The van der Waals surface area contributed by atoms with Gasteiger partial charge < -0.3 is 0 Å². The van der Waals surface area contributed by atoms with Crippen molar-refractivity contribution in [1.82, 2.24) is 0 Å². The number of rotatable bonds is 1. The molecule has 2 aromatic rings. The summed E-state index contributed by atoms with van der Waals surface area (Å²) in [5, 5.41) is 0. The maximum Gasteiger partial charge on any atom is 0.225 e. The molecule has 2 rings (SSSR count). The molecule has 0 spiro atoms. The fourth-order valence-corrected chi connectivity index (χ4v) is 3.01. The van der Waals surface area contributed by atoms with Crippen molar-refractivity contribution in [3.8, 4) is 22.9 Å². The third kappa shape index (κ3) is 5.05. The molecule has 0 aromatic heterocycles. The Morgan fingerprint density at radius 1 is 0.773 bits per heavy atom. The van der Waals surface area contributed by atoms with Crippen LogP contribution in [-0.2, 0) is 0 Å². The maximum atomic E-state index is 12.8. The average Bonchev–Trinajstić information content (AvgIpc) is 2.53. The van der Waals surface area contributed by atoms with Crippen molar-refractivity contribution in [2.24, 2.45) is 0 Å². The summed E-state index contributed by atoms with van der Waals surface area (Å²) >= 11 is 0. The molecule has 108 valence electrons. The van der Waals surface area contributed by atoms with Crippen LogP contribution in [0.1, 0.15) is 18.1 Å². The summed E-state index contributed by atoms with van der Waals surface area (Å²) in [6.45, 7) is 1.93. The van der Waals surface area contributed by atoms with E-state index in [1.54, 1.807) is 24.3 Å². The first-order valence-corrected chi connectivity index (χ1v) is 8.66. The molecule has 0 unspecified atom stereocenters. The van der Waals surface area contributed by atoms with Crippen LogP contribution in [-0.4, -0.2) is 8.80 Å². The zero-order chi connectivity index (χ0) is 15.8. The van der Waals surface area contributed by atoms with Crippen LogP contribution in [0.4, 0.5) is 8.78 Å². The van der Waals surface area contributed by atoms with E-state index in [-0.39, 0.29) is 11.6 Å². The standard InChI is InChI=1S/C19H14F2Si/c1-2-13-22(14-11-16-3-7-18(20)8-4-16)15-12-17-5-9-19(21)10-6-17/h2-10,13,22H,1H3. The number of benzene rings is 2. The molecule has 0 saturated carbocycles. The van der Waals surface area contributed by atoms with Crippen molar-refractivity contribution in [2.45, 2.75) is 6.92 Å². The summed E-state index contributed by atoms with van der Waals surface area (Å²) in [6.07, 6.45) is 1.94. The highest BCUT2D eigenvalue weighted by Gasteiger charge is 1.97. The molecule has 0 atom stereocenters. The molecule has 0 heterocycles. The van der Waals surface area contributed by atoms with E-state index >= 15 is 0 Å². The van der Waals surface area contributed by atoms with E-state index in [9.17, 15) is 8.78 Å². The summed E-state index contributed by atoms with van der Waals surface area (Å²) in [6, 6.07) is 12.2. The summed E-state index contributed by atoms with van der Waals surface area (Å²) in [5.41, 5.74) is 9.90. The monoisotopic (exact) mass is 308 g/mol. The Morgan fingerprint density at radius 2 is 1.18 bits per heavy atom. The molecule has 0 amide bonds. The third-order valence-corrected chi connectivity index (χ3v) is 4.50. The molecule has 22 heavy (non-hydrogen) atoms. The largest absolute Gasteiger partial charge is 0.225 e. The van der Waals surface area contributed by atoms with E-state index in [1.807, 2.05) is 18.7 Å². The van der Waals surface area contributed by atoms with Crippen molar-refractivity contribution in [2.75, 3.05) is 0 Å². The van der Waals surface area contributed by atoms with E-state index in [0.29, 0.717) is 0 Å². The third-order valence-electron chi connectivity index (χ3n) is 2.82. The van der Waals surface area contributed by atoms with Gasteiger partial charge in [-0.2, -0.15) is 0 Å². The predicted octanol–water partition coefficient (Wildman–Crippen LogP) is 3.79. The molecule has 2 aromatic carbocycles. The van der Waals surface area contributed by atoms with Crippen LogP contribution >= 0.6 is 0 Å². The smallest absolute Gasteiger partial charge is 0.207 e. The predicted molar refractivity (Wildman–Crippen MR) is 88.5 cm³/mol. The number of hydrogen-bond acceptors (Lipinski definition) is 0. The van der Waals surface area contributed by atoms with Crippen molar-refractivity contribution < 1.29 is 8.78 Å². The summed E-state index contributed by atoms with van der Waals surface area (Å²) in [4.78, 5) is 0. The summed E-state index contributed by atoms with van der Waals surface area (Å²) in [7, 11) is -1.69. The van der Waals surface area contributed by atoms with E-state index in [1.165, 1.54) is 24.3 Å². The second kappa shape index (κ2) is 7.98. The van der Waals surface area contributed by atoms with E-state index in [2.05, 4.69) is 22.9 Å². The van der Waals surface area contributed by atoms with Crippen molar-refractivity contribution >= 4 is 8.80 Å². The second-order valence-electron chi connectivity index (χ2n) is 4.56. The fourth-order valence-electron chi connectivity index (χ4n) is 1.71. The van der Waals surface area contributed by atoms with Crippen molar-refractivity contribution in [3.05, 3.63) is 83.1 Å². The molecule has 0 radical (unpaired) electrons. The lowest BCUT2D eigenvalue weighted by molar-refractivity contribution is 0.627. The molecular weight excluding hydrogens is 294 g/mol. The van der Waals surface area contributed by atoms with Crippen LogP contribution in [0.25, 0.3) is 0 Å². The minimum Gasteiger partial charge on any atom is -0.207 e. The van der Waals surface area contributed by atoms with Crippen molar-refractivity contribution in [3.63, 3.8) is 0 Å². The van der Waals surface area contributed by atoms with Crippen LogP contribution < -0.4 is 0 Å². The van der Waals surface area contributed by atoms with Gasteiger partial charge >= 0.3 is 0 Å². The highest BCUT2D eigenvalue weighted by atomic mass is 28.3. The van der Waals surface area contributed by atoms with Crippen LogP contribution in [0.2, 0.25) is 0 Å². The Morgan fingerprint density at radius 3 is 1.55 bits per heavy atom. The van der Waals surface area contributed by atoms with Gasteiger partial charge in [0.05, 0.1) is 0 Å². The lowest BCUT2D eigenvalue weighted by Crippen LogP contribution is -2.03. The first-order chi connectivity index (χ1) is 10.7. The molecule has 3 heteroatoms. The first kappa shape index (κ1) is 15.8. The van der Waals surface area contributed by atoms with Crippen molar-refractivity contribution in [1.29, 1.82) is 0 Å². The number of halogens is 2. The molecule has 0 aliphatic heterocycles. The van der Waals surface area contributed by atoms with Gasteiger partial charge in [0, 0.05) is 11.1 Å². The van der Waals surface area contributed by atoms with Gasteiger partial charge in [-0.1, -0.05) is 23.6 Å². The molecule has 0 aliphatic carbocycles. The van der Waals surface area contributed by atoms with Crippen LogP contribution in [0.15, 0.2) is 60.3 Å². The Kier molecular flexibility index (Phi) is 5.71. The maximum absolute atomic E-state index is 12.8. The van der Waals surface area contributed by atoms with Crippen LogP contribution in [0.5, 0.6) is 0 Å². The molecule has 0 N–H and O–H groups in total. The Labute approximate surface area is 131 Å². The lowest BCUT2D eigenvalue weighted by atomic mass is 10.2. The van der Waals surface area contributed by atoms with Gasteiger partial charge in [-0.25, -0.2) is 8.78 Å². The lowest BCUT2D eigenvalue weighted by Gasteiger charge is -1.93. The molecule has 0 bridgehead atoms. The van der Waals surface area contributed by atoms with Gasteiger partial charge in [0.25, 0.3) is 0 Å². The number of hydrogen-bond donors (Lipinski definition) is 0. The summed E-state index contributed by atoms with van der Waals surface area (Å²) < 4.78 is 25.7. The normalized spacial score (nSPS) is 10.0. The highest BCUT2D eigenvalue weighted by molar-refractivity contribution is 6.80. The Hall–Kier alpha value is -2.62. The van der Waals surface area contributed by atoms with Gasteiger partial charge in [0.15, 0.2) is 0 Å². The highest BCUT2D eigenvalue weighted by Crippen LogP contribution is 2.02. The Balaban J connectivity index is 2.18. The van der Waals surface area contributed by atoms with Crippen LogP contribution in [0.3, 0.4) is 0 Å². The summed E-state index contributed by atoms with van der Waals surface area (Å²) in [5.74, 6) is 5.52. The molecule has 0 nitrogen and oxygen atoms in total. The van der Waals surface area contributed by atoms with Gasteiger partial charge in [-0.15, -0.1) is 11.1 Å². The topological polar surface area (TPSA) is 0 Å². The number of allylic oxidation sites excluding steroid dienone is 1. The Bertz CT molecular complexity index is 703. The molecular formula is C19H14F2Si. The zero-order valence-electron chi connectivity index (χ0n) is 12.1. The van der Waals surface area contributed by atoms with Gasteiger partial charge in [-0.05, 0) is 55.5 Å². The van der Waals surface area contributed by atoms with Gasteiger partial charge in [0.1, 0.15) is 11.6 Å². The quantitative estimate of drug-likeness (QED) is 0.555. The minimum atomic E-state index is -1.69.